The first-order valence-corrected chi connectivity index (χ1v) is 8.31. The van der Waals surface area contributed by atoms with Crippen LogP contribution in [0, 0.1) is 17.1 Å². The van der Waals surface area contributed by atoms with Gasteiger partial charge in [0, 0.05) is 49.4 Å². The molecule has 0 radical (unpaired) electrons. The Balaban J connectivity index is 1.81. The van der Waals surface area contributed by atoms with Crippen molar-refractivity contribution in [1.82, 2.24) is 14.7 Å². The molecular weight excluding hydrogens is 299 g/mol. The topological polar surface area (TPSA) is 44.9 Å². The molecule has 1 saturated heterocycles. The van der Waals surface area contributed by atoms with E-state index in [9.17, 15) is 4.39 Å². The highest BCUT2D eigenvalue weighted by molar-refractivity contribution is 7.99. The highest BCUT2D eigenvalue weighted by Crippen LogP contribution is 2.30. The van der Waals surface area contributed by atoms with Crippen LogP contribution in [0.3, 0.4) is 0 Å². The van der Waals surface area contributed by atoms with Crippen LogP contribution in [0.25, 0.3) is 0 Å². The second-order valence-electron chi connectivity index (χ2n) is 5.43. The van der Waals surface area contributed by atoms with Crippen LogP contribution in [0.15, 0.2) is 30.6 Å². The zero-order valence-electron chi connectivity index (χ0n) is 12.4. The summed E-state index contributed by atoms with van der Waals surface area (Å²) in [5.41, 5.74) is 2.29. The second-order valence-corrected chi connectivity index (χ2v) is 6.58. The van der Waals surface area contributed by atoms with Gasteiger partial charge < -0.3 is 0 Å². The summed E-state index contributed by atoms with van der Waals surface area (Å²) >= 11 is 1.94. The van der Waals surface area contributed by atoms with E-state index in [1.165, 1.54) is 11.6 Å². The Labute approximate surface area is 133 Å². The number of nitriles is 1. The SMILES string of the molecule is Cn1cc(C2CSCCN2Cc2ccc(F)c(C#N)c2)cn1. The molecule has 0 aliphatic carbocycles. The molecule has 0 bridgehead atoms. The molecule has 6 heteroatoms. The first kappa shape index (κ1) is 15.1. The Morgan fingerprint density at radius 3 is 3.09 bits per heavy atom. The lowest BCUT2D eigenvalue weighted by Gasteiger charge is -2.35. The molecule has 0 saturated carbocycles. The predicted octanol–water partition coefficient (Wildman–Crippen LogP) is 2.72. The van der Waals surface area contributed by atoms with Crippen LogP contribution >= 0.6 is 11.8 Å². The third-order valence-electron chi connectivity index (χ3n) is 3.89. The van der Waals surface area contributed by atoms with Crippen LogP contribution in [-0.4, -0.2) is 32.7 Å². The molecule has 2 aromatic rings. The number of aromatic nitrogens is 2. The van der Waals surface area contributed by atoms with Gasteiger partial charge in [0.2, 0.25) is 0 Å². The Bertz CT molecular complexity index is 706. The molecule has 0 amide bonds. The molecule has 0 N–H and O–H groups in total. The van der Waals surface area contributed by atoms with Crippen molar-refractivity contribution in [3.8, 4) is 6.07 Å². The number of nitrogens with zero attached hydrogens (tertiary/aromatic N) is 4. The van der Waals surface area contributed by atoms with E-state index in [1.54, 1.807) is 12.1 Å². The average molecular weight is 316 g/mol. The maximum absolute atomic E-state index is 13.4. The first-order valence-electron chi connectivity index (χ1n) is 7.16. The van der Waals surface area contributed by atoms with E-state index in [0.717, 1.165) is 30.2 Å². The zero-order chi connectivity index (χ0) is 15.5. The summed E-state index contributed by atoms with van der Waals surface area (Å²) in [5, 5.41) is 13.2. The van der Waals surface area contributed by atoms with E-state index < -0.39 is 5.82 Å². The zero-order valence-corrected chi connectivity index (χ0v) is 13.2. The van der Waals surface area contributed by atoms with Crippen molar-refractivity contribution in [3.05, 3.63) is 53.1 Å². The smallest absolute Gasteiger partial charge is 0.140 e. The average Bonchev–Trinajstić information content (AvgIpc) is 2.96. The first-order chi connectivity index (χ1) is 10.7. The van der Waals surface area contributed by atoms with Crippen LogP contribution in [0.1, 0.15) is 22.7 Å². The Morgan fingerprint density at radius 2 is 2.36 bits per heavy atom. The summed E-state index contributed by atoms with van der Waals surface area (Å²) in [6.07, 6.45) is 3.96. The molecule has 3 rings (SSSR count). The van der Waals surface area contributed by atoms with Crippen molar-refractivity contribution < 1.29 is 4.39 Å². The monoisotopic (exact) mass is 316 g/mol. The number of halogens is 1. The maximum atomic E-state index is 13.4. The predicted molar refractivity (Wildman–Crippen MR) is 84.8 cm³/mol. The summed E-state index contributed by atoms with van der Waals surface area (Å²) in [6, 6.07) is 7.01. The van der Waals surface area contributed by atoms with Crippen molar-refractivity contribution in [3.63, 3.8) is 0 Å². The van der Waals surface area contributed by atoms with Crippen LogP contribution in [0.4, 0.5) is 4.39 Å². The van der Waals surface area contributed by atoms with E-state index in [4.69, 9.17) is 5.26 Å². The molecule has 4 nitrogen and oxygen atoms in total. The molecule has 1 aliphatic heterocycles. The number of thioether (sulfide) groups is 1. The van der Waals surface area contributed by atoms with Crippen LogP contribution in [-0.2, 0) is 13.6 Å². The quantitative estimate of drug-likeness (QED) is 0.873. The van der Waals surface area contributed by atoms with Gasteiger partial charge in [0.25, 0.3) is 0 Å². The fourth-order valence-corrected chi connectivity index (χ4v) is 3.89. The van der Waals surface area contributed by atoms with E-state index in [0.29, 0.717) is 6.04 Å². The molecule has 1 aromatic heterocycles. The second kappa shape index (κ2) is 6.51. The van der Waals surface area contributed by atoms with Crippen LogP contribution in [0.5, 0.6) is 0 Å². The van der Waals surface area contributed by atoms with E-state index in [-0.39, 0.29) is 5.56 Å². The Morgan fingerprint density at radius 1 is 1.50 bits per heavy atom. The molecule has 1 aromatic carbocycles. The van der Waals surface area contributed by atoms with E-state index in [1.807, 2.05) is 35.8 Å². The minimum absolute atomic E-state index is 0.113. The van der Waals surface area contributed by atoms with Gasteiger partial charge in [-0.1, -0.05) is 6.07 Å². The molecule has 22 heavy (non-hydrogen) atoms. The van der Waals surface area contributed by atoms with Crippen molar-refractivity contribution >= 4 is 11.8 Å². The van der Waals surface area contributed by atoms with E-state index >= 15 is 0 Å². The number of hydrogen-bond acceptors (Lipinski definition) is 4. The lowest BCUT2D eigenvalue weighted by molar-refractivity contribution is 0.212. The summed E-state index contributed by atoms with van der Waals surface area (Å²) < 4.78 is 15.3. The van der Waals surface area contributed by atoms with Crippen LogP contribution < -0.4 is 0 Å². The molecule has 1 aliphatic rings. The van der Waals surface area contributed by atoms with Crippen molar-refractivity contribution in [2.24, 2.45) is 7.05 Å². The third kappa shape index (κ3) is 3.16. The minimum Gasteiger partial charge on any atom is -0.290 e. The van der Waals surface area contributed by atoms with Crippen molar-refractivity contribution in [2.45, 2.75) is 12.6 Å². The lowest BCUT2D eigenvalue weighted by atomic mass is 10.1. The molecule has 1 fully saturated rings. The minimum atomic E-state index is -0.454. The standard InChI is InChI=1S/C16H17FN4S/c1-20-10-14(8-19-20)16-11-22-5-4-21(16)9-12-2-3-15(17)13(6-12)7-18/h2-3,6,8,10,16H,4-5,9,11H2,1H3. The van der Waals surface area contributed by atoms with Gasteiger partial charge >= 0.3 is 0 Å². The molecule has 2 heterocycles. The third-order valence-corrected chi connectivity index (χ3v) is 4.91. The summed E-state index contributed by atoms with van der Waals surface area (Å²) in [7, 11) is 1.92. The summed E-state index contributed by atoms with van der Waals surface area (Å²) in [4.78, 5) is 2.38. The fourth-order valence-electron chi connectivity index (χ4n) is 2.74. The van der Waals surface area contributed by atoms with Gasteiger partial charge in [0.1, 0.15) is 11.9 Å². The fraction of sp³-hybridized carbons (Fsp3) is 0.375. The molecule has 0 spiro atoms. The Kier molecular flexibility index (Phi) is 4.46. The highest BCUT2D eigenvalue weighted by Gasteiger charge is 2.25. The number of rotatable bonds is 3. The van der Waals surface area contributed by atoms with Gasteiger partial charge in [-0.2, -0.15) is 22.1 Å². The summed E-state index contributed by atoms with van der Waals surface area (Å²) in [6.45, 7) is 1.69. The van der Waals surface area contributed by atoms with Crippen molar-refractivity contribution in [1.29, 1.82) is 5.26 Å². The van der Waals surface area contributed by atoms with Gasteiger partial charge in [-0.25, -0.2) is 4.39 Å². The molecular formula is C16H17FN4S. The van der Waals surface area contributed by atoms with Gasteiger partial charge in [0.15, 0.2) is 0 Å². The van der Waals surface area contributed by atoms with Crippen molar-refractivity contribution in [2.75, 3.05) is 18.1 Å². The molecule has 1 atom stereocenters. The van der Waals surface area contributed by atoms with Gasteiger partial charge in [-0.15, -0.1) is 0 Å². The lowest BCUT2D eigenvalue weighted by Crippen LogP contribution is -2.35. The maximum Gasteiger partial charge on any atom is 0.140 e. The van der Waals surface area contributed by atoms with E-state index in [2.05, 4.69) is 16.2 Å². The largest absolute Gasteiger partial charge is 0.290 e. The molecule has 114 valence electrons. The van der Waals surface area contributed by atoms with Gasteiger partial charge in [0.05, 0.1) is 11.8 Å². The molecule has 1 unspecified atom stereocenters. The van der Waals surface area contributed by atoms with Gasteiger partial charge in [-0.3, -0.25) is 9.58 Å². The highest BCUT2D eigenvalue weighted by atomic mass is 32.2. The summed E-state index contributed by atoms with van der Waals surface area (Å²) in [5.74, 6) is 1.66. The number of hydrogen-bond donors (Lipinski definition) is 0. The Hall–Kier alpha value is -1.84. The van der Waals surface area contributed by atoms with Crippen LogP contribution in [0.2, 0.25) is 0 Å². The van der Waals surface area contributed by atoms with Gasteiger partial charge in [-0.05, 0) is 17.7 Å². The number of benzene rings is 1. The number of aryl methyl sites for hydroxylation is 1. The normalized spacial score (nSPS) is 19.0.